The summed E-state index contributed by atoms with van der Waals surface area (Å²) >= 11 is 1.38. The van der Waals surface area contributed by atoms with Gasteiger partial charge in [0.05, 0.1) is 5.56 Å². The number of carbonyl (C=O) groups is 1. The Morgan fingerprint density at radius 1 is 1.40 bits per heavy atom. The molecule has 0 spiro atoms. The fourth-order valence-corrected chi connectivity index (χ4v) is 2.47. The third kappa shape index (κ3) is 3.72. The van der Waals surface area contributed by atoms with Crippen molar-refractivity contribution in [1.82, 2.24) is 15.2 Å². The lowest BCUT2D eigenvalue weighted by Gasteiger charge is -2.02. The number of nitrogens with one attached hydrogen (secondary N) is 2. The van der Waals surface area contributed by atoms with Crippen LogP contribution in [0.5, 0.6) is 0 Å². The highest BCUT2D eigenvalue weighted by atomic mass is 32.1. The molecule has 2 aromatic rings. The number of nitrogens with two attached hydrogens (primary N) is 1. The maximum absolute atomic E-state index is 12.0. The number of hydrazine groups is 1. The number of amides is 1. The first kappa shape index (κ1) is 14.4. The summed E-state index contributed by atoms with van der Waals surface area (Å²) in [5.74, 6) is 5.95. The summed E-state index contributed by atoms with van der Waals surface area (Å²) in [6.45, 7) is 4.22. The number of hydrogen-bond donors (Lipinski definition) is 3. The Bertz CT molecular complexity index is 580. The van der Waals surface area contributed by atoms with E-state index in [9.17, 15) is 4.79 Å². The van der Waals surface area contributed by atoms with Crippen molar-refractivity contribution in [1.29, 1.82) is 0 Å². The number of nitrogens with zero attached hydrogens (tertiary/aromatic N) is 3. The molecule has 7 nitrogen and oxygen atoms in total. The first-order valence-corrected chi connectivity index (χ1v) is 6.96. The molecule has 0 saturated heterocycles. The van der Waals surface area contributed by atoms with Crippen molar-refractivity contribution in [2.45, 2.75) is 20.3 Å². The summed E-state index contributed by atoms with van der Waals surface area (Å²) in [5, 5.41) is 12.1. The highest BCUT2D eigenvalue weighted by Gasteiger charge is 2.11. The maximum atomic E-state index is 12.0. The van der Waals surface area contributed by atoms with Gasteiger partial charge in [-0.15, -0.1) is 10.2 Å². The third-order valence-corrected chi connectivity index (χ3v) is 3.30. The minimum Gasteiger partial charge on any atom is -0.308 e. The van der Waals surface area contributed by atoms with Gasteiger partial charge in [-0.05, 0) is 18.1 Å². The number of nitrogen functional groups attached to an aromatic ring is 1. The molecule has 4 N–H and O–H groups in total. The van der Waals surface area contributed by atoms with Gasteiger partial charge in [0.15, 0.2) is 0 Å². The summed E-state index contributed by atoms with van der Waals surface area (Å²) in [6.07, 6.45) is 2.30. The van der Waals surface area contributed by atoms with Crippen LogP contribution in [0.4, 0.5) is 10.9 Å². The Balaban J connectivity index is 2.01. The highest BCUT2D eigenvalue weighted by Crippen LogP contribution is 2.19. The average molecular weight is 292 g/mol. The van der Waals surface area contributed by atoms with E-state index in [4.69, 9.17) is 5.84 Å². The zero-order chi connectivity index (χ0) is 14.5. The van der Waals surface area contributed by atoms with E-state index in [1.165, 1.54) is 17.5 Å². The molecule has 0 fully saturated rings. The van der Waals surface area contributed by atoms with Gasteiger partial charge >= 0.3 is 0 Å². The molecule has 0 saturated carbocycles. The molecule has 0 bridgehead atoms. The number of anilines is 2. The van der Waals surface area contributed by atoms with Gasteiger partial charge in [-0.2, -0.15) is 0 Å². The molecule has 0 aliphatic carbocycles. The van der Waals surface area contributed by atoms with Gasteiger partial charge in [-0.25, -0.2) is 10.8 Å². The Hall–Kier alpha value is -2.06. The molecule has 0 aliphatic rings. The largest absolute Gasteiger partial charge is 0.308 e. The van der Waals surface area contributed by atoms with E-state index in [-0.39, 0.29) is 5.91 Å². The molecule has 20 heavy (non-hydrogen) atoms. The molecule has 0 radical (unpaired) electrons. The quantitative estimate of drug-likeness (QED) is 0.572. The smallest absolute Gasteiger partial charge is 0.259 e. The molecule has 0 aliphatic heterocycles. The predicted molar refractivity (Wildman–Crippen MR) is 78.5 cm³/mol. The van der Waals surface area contributed by atoms with Gasteiger partial charge in [0.25, 0.3) is 5.91 Å². The lowest BCUT2D eigenvalue weighted by Crippen LogP contribution is -2.13. The van der Waals surface area contributed by atoms with Crippen LogP contribution in [-0.4, -0.2) is 21.1 Å². The van der Waals surface area contributed by atoms with E-state index in [0.717, 1.165) is 11.4 Å². The molecule has 0 aromatic carbocycles. The van der Waals surface area contributed by atoms with Crippen molar-refractivity contribution in [2.75, 3.05) is 10.7 Å². The van der Waals surface area contributed by atoms with E-state index in [1.54, 1.807) is 12.1 Å². The first-order valence-electron chi connectivity index (χ1n) is 6.15. The van der Waals surface area contributed by atoms with E-state index in [2.05, 4.69) is 39.8 Å². The Labute approximate surface area is 120 Å². The van der Waals surface area contributed by atoms with Crippen LogP contribution in [0, 0.1) is 5.92 Å². The zero-order valence-electron chi connectivity index (χ0n) is 11.3. The summed E-state index contributed by atoms with van der Waals surface area (Å²) < 4.78 is 0. The van der Waals surface area contributed by atoms with E-state index >= 15 is 0 Å². The molecule has 0 unspecified atom stereocenters. The summed E-state index contributed by atoms with van der Waals surface area (Å²) in [5.41, 5.74) is 2.84. The summed E-state index contributed by atoms with van der Waals surface area (Å²) in [6, 6.07) is 3.26. The minimum absolute atomic E-state index is 0.270. The maximum Gasteiger partial charge on any atom is 0.259 e. The van der Waals surface area contributed by atoms with Crippen molar-refractivity contribution in [2.24, 2.45) is 11.8 Å². The van der Waals surface area contributed by atoms with Crippen molar-refractivity contribution in [3.8, 4) is 0 Å². The molecule has 1 amide bonds. The fraction of sp³-hybridized carbons (Fsp3) is 0.333. The van der Waals surface area contributed by atoms with Crippen LogP contribution < -0.4 is 16.6 Å². The van der Waals surface area contributed by atoms with Crippen LogP contribution >= 0.6 is 11.3 Å². The number of carbonyl (C=O) groups excluding carboxylic acids is 1. The van der Waals surface area contributed by atoms with Crippen LogP contribution in [0.2, 0.25) is 0 Å². The Morgan fingerprint density at radius 2 is 2.20 bits per heavy atom. The van der Waals surface area contributed by atoms with Gasteiger partial charge in [0.2, 0.25) is 5.13 Å². The topological polar surface area (TPSA) is 106 Å². The van der Waals surface area contributed by atoms with Crippen molar-refractivity contribution in [3.05, 3.63) is 28.9 Å². The number of pyridine rings is 1. The van der Waals surface area contributed by atoms with E-state index in [0.29, 0.717) is 22.4 Å². The van der Waals surface area contributed by atoms with Gasteiger partial charge in [-0.1, -0.05) is 25.2 Å². The van der Waals surface area contributed by atoms with Crippen molar-refractivity contribution in [3.63, 3.8) is 0 Å². The van der Waals surface area contributed by atoms with Gasteiger partial charge in [0, 0.05) is 12.6 Å². The highest BCUT2D eigenvalue weighted by molar-refractivity contribution is 7.15. The minimum atomic E-state index is -0.270. The van der Waals surface area contributed by atoms with Crippen LogP contribution in [0.15, 0.2) is 18.3 Å². The van der Waals surface area contributed by atoms with Gasteiger partial charge in [0.1, 0.15) is 10.8 Å². The molecular formula is C12H16N6OS. The predicted octanol–water partition coefficient (Wildman–Crippen LogP) is 1.67. The van der Waals surface area contributed by atoms with Gasteiger partial charge in [-0.3, -0.25) is 10.1 Å². The molecule has 106 valence electrons. The molecule has 2 rings (SSSR count). The normalized spacial score (nSPS) is 10.6. The monoisotopic (exact) mass is 292 g/mol. The molecule has 2 aromatic heterocycles. The summed E-state index contributed by atoms with van der Waals surface area (Å²) in [4.78, 5) is 16.0. The SMILES string of the molecule is CC(C)Cc1nnc(NC(=O)c2ccc(NN)nc2)s1. The number of rotatable bonds is 5. The first-order chi connectivity index (χ1) is 9.58. The molecule has 8 heteroatoms. The van der Waals surface area contributed by atoms with Crippen molar-refractivity contribution < 1.29 is 4.79 Å². The molecular weight excluding hydrogens is 276 g/mol. The Kier molecular flexibility index (Phi) is 4.59. The van der Waals surface area contributed by atoms with Crippen molar-refractivity contribution >= 4 is 28.2 Å². The Morgan fingerprint density at radius 3 is 2.80 bits per heavy atom. The standard InChI is InChI=1S/C12H16N6OS/c1-7(2)5-10-17-18-12(20-10)15-11(19)8-3-4-9(16-13)14-6-8/h3-4,6-7H,5,13H2,1-2H3,(H,14,16)(H,15,18,19). The summed E-state index contributed by atoms with van der Waals surface area (Å²) in [7, 11) is 0. The lowest BCUT2D eigenvalue weighted by atomic mass is 10.1. The van der Waals surface area contributed by atoms with E-state index < -0.39 is 0 Å². The van der Waals surface area contributed by atoms with Crippen LogP contribution in [0.25, 0.3) is 0 Å². The average Bonchev–Trinajstić information content (AvgIpc) is 2.85. The van der Waals surface area contributed by atoms with E-state index in [1.807, 2.05) is 0 Å². The number of aromatic nitrogens is 3. The van der Waals surface area contributed by atoms with Crippen LogP contribution in [0.1, 0.15) is 29.2 Å². The second-order valence-corrected chi connectivity index (χ2v) is 5.69. The van der Waals surface area contributed by atoms with Crippen LogP contribution in [0.3, 0.4) is 0 Å². The second-order valence-electron chi connectivity index (χ2n) is 4.63. The lowest BCUT2D eigenvalue weighted by molar-refractivity contribution is 0.102. The number of hydrogen-bond acceptors (Lipinski definition) is 7. The van der Waals surface area contributed by atoms with Crippen LogP contribution in [-0.2, 0) is 6.42 Å². The molecule has 2 heterocycles. The van der Waals surface area contributed by atoms with Gasteiger partial charge < -0.3 is 5.43 Å². The zero-order valence-corrected chi connectivity index (χ0v) is 12.1. The fourth-order valence-electron chi connectivity index (χ4n) is 1.52. The molecule has 0 atom stereocenters. The second kappa shape index (κ2) is 6.40. The third-order valence-electron chi connectivity index (χ3n) is 2.44.